The Labute approximate surface area is 100 Å². The smallest absolute Gasteiger partial charge is 0.0555 e. The molecular formula is C14H27NO. The van der Waals surface area contributed by atoms with Crippen LogP contribution in [0.1, 0.15) is 52.4 Å². The van der Waals surface area contributed by atoms with Crippen LogP contribution in [0.3, 0.4) is 0 Å². The third-order valence-electron chi connectivity index (χ3n) is 4.30. The summed E-state index contributed by atoms with van der Waals surface area (Å²) in [6.07, 6.45) is 7.30. The maximum Gasteiger partial charge on any atom is 0.0555 e. The Morgan fingerprint density at radius 2 is 1.94 bits per heavy atom. The lowest BCUT2D eigenvalue weighted by Crippen LogP contribution is -2.46. The van der Waals surface area contributed by atoms with Crippen LogP contribution in [0.4, 0.5) is 0 Å². The lowest BCUT2D eigenvalue weighted by Gasteiger charge is -2.40. The molecule has 1 N–H and O–H groups in total. The van der Waals surface area contributed by atoms with Gasteiger partial charge in [-0.3, -0.25) is 4.90 Å². The maximum absolute atomic E-state index is 9.84. The van der Waals surface area contributed by atoms with Gasteiger partial charge >= 0.3 is 0 Å². The predicted molar refractivity (Wildman–Crippen MR) is 67.4 cm³/mol. The molecule has 0 amide bonds. The van der Waals surface area contributed by atoms with Crippen LogP contribution in [0.2, 0.25) is 0 Å². The van der Waals surface area contributed by atoms with Gasteiger partial charge in [0.15, 0.2) is 0 Å². The fourth-order valence-electron chi connectivity index (χ4n) is 3.10. The molecule has 0 spiro atoms. The zero-order valence-electron chi connectivity index (χ0n) is 10.9. The van der Waals surface area contributed by atoms with E-state index in [2.05, 4.69) is 18.7 Å². The third kappa shape index (κ3) is 3.21. The van der Waals surface area contributed by atoms with E-state index in [1.807, 2.05) is 0 Å². The first kappa shape index (κ1) is 12.4. The summed E-state index contributed by atoms with van der Waals surface area (Å²) >= 11 is 0. The van der Waals surface area contributed by atoms with Crippen LogP contribution < -0.4 is 0 Å². The van der Waals surface area contributed by atoms with Crippen LogP contribution in [0.25, 0.3) is 0 Å². The number of aliphatic hydroxyl groups is 1. The number of rotatable bonds is 5. The summed E-state index contributed by atoms with van der Waals surface area (Å²) in [4.78, 5) is 2.67. The molecule has 0 heterocycles. The van der Waals surface area contributed by atoms with Gasteiger partial charge < -0.3 is 5.11 Å². The Bertz CT molecular complexity index is 215. The summed E-state index contributed by atoms with van der Waals surface area (Å²) in [7, 11) is 0. The van der Waals surface area contributed by atoms with Gasteiger partial charge in [-0.15, -0.1) is 0 Å². The highest BCUT2D eigenvalue weighted by Gasteiger charge is 2.33. The van der Waals surface area contributed by atoms with E-state index in [4.69, 9.17) is 0 Å². The summed E-state index contributed by atoms with van der Waals surface area (Å²) in [5, 5.41) is 9.84. The molecule has 0 aromatic heterocycles. The van der Waals surface area contributed by atoms with E-state index in [1.165, 1.54) is 38.8 Å². The molecule has 0 aliphatic heterocycles. The van der Waals surface area contributed by atoms with E-state index in [1.54, 1.807) is 0 Å². The first-order valence-electron chi connectivity index (χ1n) is 7.12. The highest BCUT2D eigenvalue weighted by atomic mass is 16.3. The quantitative estimate of drug-likeness (QED) is 0.777. The maximum atomic E-state index is 9.84. The molecule has 2 saturated carbocycles. The van der Waals surface area contributed by atoms with Crippen LogP contribution in [-0.2, 0) is 0 Å². The summed E-state index contributed by atoms with van der Waals surface area (Å²) in [5.41, 5.74) is 0. The van der Waals surface area contributed by atoms with Crippen molar-refractivity contribution in [1.29, 1.82) is 0 Å². The molecule has 2 rings (SSSR count). The molecule has 0 aromatic rings. The van der Waals surface area contributed by atoms with Crippen molar-refractivity contribution in [2.75, 3.05) is 13.1 Å². The summed E-state index contributed by atoms with van der Waals surface area (Å²) in [5.74, 6) is 1.74. The molecule has 94 valence electrons. The zero-order chi connectivity index (χ0) is 11.5. The minimum atomic E-state index is -0.0419. The predicted octanol–water partition coefficient (Wildman–Crippen LogP) is 2.66. The lowest BCUT2D eigenvalue weighted by molar-refractivity contribution is 0.0300. The van der Waals surface area contributed by atoms with Gasteiger partial charge in [0.05, 0.1) is 6.10 Å². The fraction of sp³-hybridized carbons (Fsp3) is 1.00. The molecule has 2 aliphatic carbocycles. The monoisotopic (exact) mass is 225 g/mol. The lowest BCUT2D eigenvalue weighted by atomic mass is 9.83. The topological polar surface area (TPSA) is 23.5 Å². The molecule has 0 bridgehead atoms. The Morgan fingerprint density at radius 3 is 2.56 bits per heavy atom. The summed E-state index contributed by atoms with van der Waals surface area (Å²) in [6, 6.07) is 0.643. The van der Waals surface area contributed by atoms with Crippen LogP contribution in [0, 0.1) is 11.8 Å². The standard InChI is InChI=1S/C14H27NO/c1-3-8-15(10-12-5-6-12)14-9-13(16)7-4-11(14)2/h11-14,16H,3-10H2,1-2H3. The van der Waals surface area contributed by atoms with Crippen LogP contribution in [-0.4, -0.2) is 35.2 Å². The van der Waals surface area contributed by atoms with Gasteiger partial charge in [-0.2, -0.15) is 0 Å². The number of aliphatic hydroxyl groups excluding tert-OH is 1. The van der Waals surface area contributed by atoms with Crippen molar-refractivity contribution in [2.24, 2.45) is 11.8 Å². The van der Waals surface area contributed by atoms with E-state index in [0.717, 1.165) is 24.7 Å². The van der Waals surface area contributed by atoms with Crippen molar-refractivity contribution < 1.29 is 5.11 Å². The molecule has 0 aromatic carbocycles. The van der Waals surface area contributed by atoms with Crippen molar-refractivity contribution in [2.45, 2.75) is 64.5 Å². The second kappa shape index (κ2) is 5.50. The highest BCUT2D eigenvalue weighted by molar-refractivity contribution is 4.87. The van der Waals surface area contributed by atoms with Crippen molar-refractivity contribution >= 4 is 0 Å². The molecule has 3 unspecified atom stereocenters. The normalized spacial score (nSPS) is 35.6. The Hall–Kier alpha value is -0.0800. The minimum Gasteiger partial charge on any atom is -0.393 e. The Morgan fingerprint density at radius 1 is 1.19 bits per heavy atom. The van der Waals surface area contributed by atoms with Crippen LogP contribution in [0.5, 0.6) is 0 Å². The molecule has 2 fully saturated rings. The molecule has 2 nitrogen and oxygen atoms in total. The first-order valence-corrected chi connectivity index (χ1v) is 7.12. The second-order valence-corrected chi connectivity index (χ2v) is 5.95. The molecule has 0 saturated heterocycles. The van der Waals surface area contributed by atoms with Gasteiger partial charge in [0.2, 0.25) is 0 Å². The Kier molecular flexibility index (Phi) is 4.26. The first-order chi connectivity index (χ1) is 7.70. The molecular weight excluding hydrogens is 198 g/mol. The van der Waals surface area contributed by atoms with Gasteiger partial charge in [0.1, 0.15) is 0 Å². The van der Waals surface area contributed by atoms with E-state index in [0.29, 0.717) is 6.04 Å². The van der Waals surface area contributed by atoms with Gasteiger partial charge in [-0.1, -0.05) is 13.8 Å². The van der Waals surface area contributed by atoms with Crippen molar-refractivity contribution in [3.63, 3.8) is 0 Å². The number of nitrogens with zero attached hydrogens (tertiary/aromatic N) is 1. The largest absolute Gasteiger partial charge is 0.393 e. The molecule has 2 heteroatoms. The molecule has 0 radical (unpaired) electrons. The van der Waals surface area contributed by atoms with Gasteiger partial charge in [0, 0.05) is 12.6 Å². The molecule has 2 aliphatic rings. The van der Waals surface area contributed by atoms with Crippen LogP contribution in [0.15, 0.2) is 0 Å². The fourth-order valence-corrected chi connectivity index (χ4v) is 3.10. The van der Waals surface area contributed by atoms with Gasteiger partial charge in [-0.05, 0) is 56.9 Å². The van der Waals surface area contributed by atoms with Crippen LogP contribution >= 0.6 is 0 Å². The minimum absolute atomic E-state index is 0.0419. The van der Waals surface area contributed by atoms with Gasteiger partial charge in [-0.25, -0.2) is 0 Å². The average molecular weight is 225 g/mol. The van der Waals surface area contributed by atoms with E-state index < -0.39 is 0 Å². The highest BCUT2D eigenvalue weighted by Crippen LogP contribution is 2.34. The summed E-state index contributed by atoms with van der Waals surface area (Å²) < 4.78 is 0. The van der Waals surface area contributed by atoms with E-state index in [-0.39, 0.29) is 6.10 Å². The molecule has 16 heavy (non-hydrogen) atoms. The number of hydrogen-bond acceptors (Lipinski definition) is 2. The zero-order valence-corrected chi connectivity index (χ0v) is 10.9. The van der Waals surface area contributed by atoms with Crippen molar-refractivity contribution in [1.82, 2.24) is 4.90 Å². The van der Waals surface area contributed by atoms with E-state index >= 15 is 0 Å². The summed E-state index contributed by atoms with van der Waals surface area (Å²) in [6.45, 7) is 7.14. The second-order valence-electron chi connectivity index (χ2n) is 5.95. The van der Waals surface area contributed by atoms with E-state index in [9.17, 15) is 5.11 Å². The molecule has 3 atom stereocenters. The van der Waals surface area contributed by atoms with Gasteiger partial charge in [0.25, 0.3) is 0 Å². The van der Waals surface area contributed by atoms with Crippen molar-refractivity contribution in [3.05, 3.63) is 0 Å². The Balaban J connectivity index is 1.92. The third-order valence-corrected chi connectivity index (χ3v) is 4.30. The van der Waals surface area contributed by atoms with Crippen molar-refractivity contribution in [3.8, 4) is 0 Å². The number of hydrogen-bond donors (Lipinski definition) is 1. The SMILES string of the molecule is CCCN(CC1CC1)C1CC(O)CCC1C. The average Bonchev–Trinajstić information content (AvgIpc) is 3.05.